The molecule has 0 unspecified atom stereocenters. The van der Waals surface area contributed by atoms with Crippen LogP contribution in [-0.4, -0.2) is 40.8 Å². The van der Waals surface area contributed by atoms with E-state index in [9.17, 15) is 34.4 Å². The average Bonchev–Trinajstić information content (AvgIpc) is 3.41. The van der Waals surface area contributed by atoms with Crippen molar-refractivity contribution in [2.24, 2.45) is 29.1 Å². The Bertz CT molecular complexity index is 1820. The molecule has 6 atom stereocenters. The van der Waals surface area contributed by atoms with Gasteiger partial charge in [-0.15, -0.1) is 0 Å². The van der Waals surface area contributed by atoms with Crippen molar-refractivity contribution < 1.29 is 33.9 Å². The van der Waals surface area contributed by atoms with Gasteiger partial charge in [-0.25, -0.2) is 4.90 Å². The number of nitro benzene ring substituents is 1. The monoisotopic (exact) mass is 607 g/mol. The van der Waals surface area contributed by atoms with Crippen LogP contribution in [-0.2, 0) is 19.2 Å². The lowest BCUT2D eigenvalue weighted by molar-refractivity contribution is -0.384. The molecule has 2 aliphatic carbocycles. The number of carbonyl (C=O) groups excluding carboxylic acids is 4. The number of fused-ring (bicyclic) bond motifs is 4. The summed E-state index contributed by atoms with van der Waals surface area (Å²) in [6.45, 7) is 1.75. The molecule has 3 fully saturated rings. The third-order valence-corrected chi connectivity index (χ3v) is 10.2. The molecule has 0 radical (unpaired) electrons. The molecule has 7 rings (SSSR count). The van der Waals surface area contributed by atoms with Crippen LogP contribution < -0.4 is 14.5 Å². The fourth-order valence-electron chi connectivity index (χ4n) is 8.10. The lowest BCUT2D eigenvalue weighted by Crippen LogP contribution is -2.48. The zero-order valence-corrected chi connectivity index (χ0v) is 24.5. The van der Waals surface area contributed by atoms with Gasteiger partial charge in [0.15, 0.2) is 11.5 Å². The lowest BCUT2D eigenvalue weighted by atomic mass is 9.51. The molecule has 3 aromatic rings. The number of aromatic hydroxyl groups is 1. The quantitative estimate of drug-likeness (QED) is 0.189. The number of ether oxygens (including phenoxy) is 1. The summed E-state index contributed by atoms with van der Waals surface area (Å²) in [6.07, 6.45) is 2.27. The maximum atomic E-state index is 14.4. The topological polar surface area (TPSA) is 147 Å². The van der Waals surface area contributed by atoms with Crippen molar-refractivity contribution in [1.82, 2.24) is 0 Å². The number of hydrogen-bond acceptors (Lipinski definition) is 8. The number of imide groups is 2. The van der Waals surface area contributed by atoms with Gasteiger partial charge in [-0.1, -0.05) is 42.0 Å². The molecular formula is C34H29N3O8. The van der Waals surface area contributed by atoms with Crippen LogP contribution >= 0.6 is 0 Å². The van der Waals surface area contributed by atoms with Gasteiger partial charge in [0.05, 0.1) is 46.6 Å². The zero-order valence-electron chi connectivity index (χ0n) is 24.5. The van der Waals surface area contributed by atoms with Gasteiger partial charge in [0.2, 0.25) is 23.6 Å². The summed E-state index contributed by atoms with van der Waals surface area (Å²) in [7, 11) is 1.43. The fraction of sp³-hybridized carbons (Fsp3) is 0.294. The number of hydrogen-bond donors (Lipinski definition) is 1. The van der Waals surface area contributed by atoms with Gasteiger partial charge < -0.3 is 9.84 Å². The number of phenolic OH excluding ortho intramolecular Hbond substituents is 1. The highest BCUT2D eigenvalue weighted by Crippen LogP contribution is 2.64. The third-order valence-electron chi connectivity index (χ3n) is 10.2. The van der Waals surface area contributed by atoms with E-state index in [1.54, 1.807) is 55.5 Å². The molecule has 0 bridgehead atoms. The van der Waals surface area contributed by atoms with Crippen LogP contribution in [0.5, 0.6) is 11.5 Å². The standard InChI is InChI=1S/C34H29N3O8/c1-34-25(31(40)36(33(34)42)18-7-4-3-5-8-18)17-24-21(28(34)23-9-6-10-26(45-2)29(23)38)15-16-22-27(24)32(41)35(30(22)39)19-11-13-20(14-12-19)37(43)44/h3-15,22,24-25,27-28,38H,16-17H2,1-2H3/t22-,24+,25-,27-,28+,34+/m0/s1. The van der Waals surface area contributed by atoms with Gasteiger partial charge in [-0.2, -0.15) is 0 Å². The number of allylic oxidation sites excluding steroid dienone is 2. The van der Waals surface area contributed by atoms with Crippen molar-refractivity contribution in [2.75, 3.05) is 16.9 Å². The smallest absolute Gasteiger partial charge is 0.269 e. The first-order valence-corrected chi connectivity index (χ1v) is 14.7. The first-order valence-electron chi connectivity index (χ1n) is 14.7. The number of nitro groups is 1. The summed E-state index contributed by atoms with van der Waals surface area (Å²) in [5.41, 5.74) is 0.312. The van der Waals surface area contributed by atoms with Crippen LogP contribution in [0.4, 0.5) is 17.1 Å². The number of amides is 4. The Morgan fingerprint density at radius 1 is 0.867 bits per heavy atom. The molecule has 11 nitrogen and oxygen atoms in total. The van der Waals surface area contributed by atoms with Crippen LogP contribution in [0.25, 0.3) is 0 Å². The number of carbonyl (C=O) groups is 4. The summed E-state index contributed by atoms with van der Waals surface area (Å²) >= 11 is 0. The molecule has 3 aromatic carbocycles. The number of para-hydroxylation sites is 2. The van der Waals surface area contributed by atoms with Gasteiger partial charge in [0.1, 0.15) is 0 Å². The molecule has 45 heavy (non-hydrogen) atoms. The predicted octanol–water partition coefficient (Wildman–Crippen LogP) is 4.74. The van der Waals surface area contributed by atoms with E-state index >= 15 is 0 Å². The first kappa shape index (κ1) is 28.5. The number of rotatable bonds is 5. The number of nitrogens with zero attached hydrogens (tertiary/aromatic N) is 3. The maximum absolute atomic E-state index is 14.4. The second kappa shape index (κ2) is 10.1. The predicted molar refractivity (Wildman–Crippen MR) is 161 cm³/mol. The van der Waals surface area contributed by atoms with E-state index in [4.69, 9.17) is 4.74 Å². The Balaban J connectivity index is 1.36. The van der Waals surface area contributed by atoms with E-state index in [1.807, 2.05) is 6.08 Å². The molecule has 4 aliphatic rings. The molecule has 0 aromatic heterocycles. The molecule has 2 aliphatic heterocycles. The molecule has 11 heteroatoms. The second-order valence-corrected chi connectivity index (χ2v) is 12.2. The minimum atomic E-state index is -1.31. The van der Waals surface area contributed by atoms with Crippen molar-refractivity contribution in [2.45, 2.75) is 25.7 Å². The van der Waals surface area contributed by atoms with E-state index in [0.717, 1.165) is 10.5 Å². The number of non-ortho nitro benzene ring substituents is 1. The van der Waals surface area contributed by atoms with Crippen molar-refractivity contribution in [1.29, 1.82) is 0 Å². The molecule has 1 N–H and O–H groups in total. The summed E-state index contributed by atoms with van der Waals surface area (Å²) < 4.78 is 5.40. The van der Waals surface area contributed by atoms with Gasteiger partial charge >= 0.3 is 0 Å². The first-order chi connectivity index (χ1) is 21.6. The Labute approximate surface area is 257 Å². The van der Waals surface area contributed by atoms with Gasteiger partial charge in [0.25, 0.3) is 5.69 Å². The molecule has 4 amide bonds. The van der Waals surface area contributed by atoms with E-state index in [1.165, 1.54) is 36.3 Å². The Kier molecular flexibility index (Phi) is 6.40. The SMILES string of the molecule is COc1cccc([C@H]2C3=CC[C@@H]4C(=O)N(c5ccc([N+](=O)[O-])cc5)C(=O)[C@@H]4[C@@H]3C[C@H]3C(=O)N(c4ccccc4)C(=O)[C@@]23C)c1O. The van der Waals surface area contributed by atoms with Crippen LogP contribution in [0, 0.1) is 39.2 Å². The summed E-state index contributed by atoms with van der Waals surface area (Å²) in [5.74, 6) is -5.37. The van der Waals surface area contributed by atoms with E-state index in [0.29, 0.717) is 11.3 Å². The molecular weight excluding hydrogens is 578 g/mol. The zero-order chi connectivity index (χ0) is 31.8. The second-order valence-electron chi connectivity index (χ2n) is 12.2. The Morgan fingerprint density at radius 2 is 1.56 bits per heavy atom. The highest BCUT2D eigenvalue weighted by Gasteiger charge is 2.68. The fourth-order valence-corrected chi connectivity index (χ4v) is 8.10. The summed E-state index contributed by atoms with van der Waals surface area (Å²) in [5, 5.41) is 22.6. The minimum Gasteiger partial charge on any atom is -0.504 e. The van der Waals surface area contributed by atoms with Crippen molar-refractivity contribution in [3.05, 3.63) is 100 Å². The van der Waals surface area contributed by atoms with Gasteiger partial charge in [0, 0.05) is 23.6 Å². The van der Waals surface area contributed by atoms with Crippen molar-refractivity contribution in [3.63, 3.8) is 0 Å². The van der Waals surface area contributed by atoms with Crippen molar-refractivity contribution in [3.8, 4) is 11.5 Å². The Hall–Kier alpha value is -5.32. The lowest BCUT2D eigenvalue weighted by Gasteiger charge is -2.49. The normalized spacial score (nSPS) is 28.8. The number of methoxy groups -OCH3 is 1. The molecule has 228 valence electrons. The van der Waals surface area contributed by atoms with Gasteiger partial charge in [-0.3, -0.25) is 34.2 Å². The van der Waals surface area contributed by atoms with Crippen LogP contribution in [0.1, 0.15) is 31.2 Å². The molecule has 0 spiro atoms. The highest BCUT2D eigenvalue weighted by molar-refractivity contribution is 6.25. The molecule has 2 saturated heterocycles. The maximum Gasteiger partial charge on any atom is 0.269 e. The molecule has 1 saturated carbocycles. The third kappa shape index (κ3) is 3.89. The summed E-state index contributed by atoms with van der Waals surface area (Å²) in [6, 6.07) is 18.9. The van der Waals surface area contributed by atoms with Crippen LogP contribution in [0.15, 0.2) is 84.4 Å². The van der Waals surface area contributed by atoms with E-state index in [-0.39, 0.29) is 35.7 Å². The highest BCUT2D eigenvalue weighted by atomic mass is 16.6. The van der Waals surface area contributed by atoms with E-state index < -0.39 is 63.6 Å². The molecule has 2 heterocycles. The Morgan fingerprint density at radius 3 is 2.22 bits per heavy atom. The van der Waals surface area contributed by atoms with Crippen LogP contribution in [0.2, 0.25) is 0 Å². The average molecular weight is 608 g/mol. The van der Waals surface area contributed by atoms with E-state index in [2.05, 4.69) is 0 Å². The largest absolute Gasteiger partial charge is 0.504 e. The van der Waals surface area contributed by atoms with Crippen molar-refractivity contribution >= 4 is 40.7 Å². The number of phenols is 1. The van der Waals surface area contributed by atoms with Crippen LogP contribution in [0.3, 0.4) is 0 Å². The van der Waals surface area contributed by atoms with Gasteiger partial charge in [-0.05, 0) is 56.0 Å². The number of benzene rings is 3. The summed E-state index contributed by atoms with van der Waals surface area (Å²) in [4.78, 5) is 69.4. The number of anilines is 2. The minimum absolute atomic E-state index is 0.158.